The van der Waals surface area contributed by atoms with E-state index in [0.717, 1.165) is 12.1 Å². The maximum atomic E-state index is 12.4. The minimum Gasteiger partial charge on any atom is -0.489 e. The summed E-state index contributed by atoms with van der Waals surface area (Å²) in [5, 5.41) is 0. The molecule has 22 heavy (non-hydrogen) atoms. The second-order valence-electron chi connectivity index (χ2n) is 4.50. The molecule has 0 radical (unpaired) electrons. The molecular formula is C16H13F3O3. The van der Waals surface area contributed by atoms with Crippen LogP contribution in [0.25, 0.3) is 0 Å². The summed E-state index contributed by atoms with van der Waals surface area (Å²) in [6.07, 6.45) is -4.34. The van der Waals surface area contributed by atoms with Crippen molar-refractivity contribution in [3.05, 3.63) is 65.2 Å². The van der Waals surface area contributed by atoms with E-state index in [4.69, 9.17) is 4.74 Å². The lowest BCUT2D eigenvalue weighted by molar-refractivity contribution is -0.137. The van der Waals surface area contributed by atoms with E-state index in [1.165, 1.54) is 19.2 Å². The Morgan fingerprint density at radius 1 is 1.00 bits per heavy atom. The molecule has 0 aliphatic heterocycles. The topological polar surface area (TPSA) is 35.5 Å². The van der Waals surface area contributed by atoms with Gasteiger partial charge in [-0.05, 0) is 42.0 Å². The Morgan fingerprint density at radius 3 is 2.09 bits per heavy atom. The quantitative estimate of drug-likeness (QED) is 0.799. The van der Waals surface area contributed by atoms with Crippen molar-refractivity contribution in [1.82, 2.24) is 0 Å². The van der Waals surface area contributed by atoms with Crippen LogP contribution in [0.15, 0.2) is 48.5 Å². The van der Waals surface area contributed by atoms with Gasteiger partial charge in [-0.2, -0.15) is 13.2 Å². The molecule has 0 aliphatic rings. The van der Waals surface area contributed by atoms with Gasteiger partial charge in [-0.1, -0.05) is 12.1 Å². The highest BCUT2D eigenvalue weighted by molar-refractivity contribution is 5.89. The summed E-state index contributed by atoms with van der Waals surface area (Å²) < 4.78 is 47.3. The first kappa shape index (κ1) is 15.9. The number of carbonyl (C=O) groups excluding carboxylic acids is 1. The summed E-state index contributed by atoms with van der Waals surface area (Å²) in [5.74, 6) is 0.0573. The van der Waals surface area contributed by atoms with Crippen molar-refractivity contribution in [2.75, 3.05) is 7.11 Å². The molecule has 116 valence electrons. The molecule has 6 heteroatoms. The highest BCUT2D eigenvalue weighted by Gasteiger charge is 2.29. The van der Waals surface area contributed by atoms with Gasteiger partial charge in [0.15, 0.2) is 0 Å². The normalized spacial score (nSPS) is 11.1. The van der Waals surface area contributed by atoms with E-state index in [0.29, 0.717) is 16.9 Å². The Bertz CT molecular complexity index is 631. The smallest absolute Gasteiger partial charge is 0.416 e. The number of carbonyl (C=O) groups is 1. The second-order valence-corrected chi connectivity index (χ2v) is 4.50. The van der Waals surface area contributed by atoms with E-state index in [1.54, 1.807) is 24.3 Å². The molecule has 0 fully saturated rings. The van der Waals surface area contributed by atoms with Crippen molar-refractivity contribution in [2.24, 2.45) is 0 Å². The molecule has 0 aliphatic carbocycles. The van der Waals surface area contributed by atoms with Gasteiger partial charge in [-0.3, -0.25) is 0 Å². The molecule has 0 aromatic heterocycles. The number of ether oxygens (including phenoxy) is 2. The predicted octanol–water partition coefficient (Wildman–Crippen LogP) is 4.07. The van der Waals surface area contributed by atoms with E-state index in [9.17, 15) is 18.0 Å². The third kappa shape index (κ3) is 4.00. The monoisotopic (exact) mass is 310 g/mol. The molecule has 0 spiro atoms. The first-order valence-corrected chi connectivity index (χ1v) is 6.37. The molecule has 2 aromatic carbocycles. The van der Waals surface area contributed by atoms with Crippen LogP contribution in [0.3, 0.4) is 0 Å². The molecule has 2 aromatic rings. The lowest BCUT2D eigenvalue weighted by atomic mass is 10.1. The fraction of sp³-hybridized carbons (Fsp3) is 0.188. The number of halogens is 3. The molecule has 0 saturated heterocycles. The van der Waals surface area contributed by atoms with Gasteiger partial charge in [-0.15, -0.1) is 0 Å². The molecule has 3 nitrogen and oxygen atoms in total. The zero-order valence-corrected chi connectivity index (χ0v) is 11.7. The van der Waals surface area contributed by atoms with E-state index in [2.05, 4.69) is 4.74 Å². The average molecular weight is 310 g/mol. The number of alkyl halides is 3. The molecule has 0 heterocycles. The first-order chi connectivity index (χ1) is 10.4. The number of rotatable bonds is 4. The van der Waals surface area contributed by atoms with Crippen LogP contribution in [0.2, 0.25) is 0 Å². The molecule has 0 unspecified atom stereocenters. The van der Waals surface area contributed by atoms with E-state index in [1.807, 2.05) is 0 Å². The molecule has 0 atom stereocenters. The number of methoxy groups -OCH3 is 1. The standard InChI is InChI=1S/C16H13F3O3/c1-21-15(20)12-4-8-14(9-5-12)22-10-11-2-6-13(7-3-11)16(17,18)19/h2-9H,10H2,1H3. The van der Waals surface area contributed by atoms with Crippen molar-refractivity contribution in [2.45, 2.75) is 12.8 Å². The van der Waals surface area contributed by atoms with Crippen LogP contribution in [0.4, 0.5) is 13.2 Å². The van der Waals surface area contributed by atoms with Gasteiger partial charge in [0.05, 0.1) is 18.2 Å². The zero-order valence-electron chi connectivity index (χ0n) is 11.7. The largest absolute Gasteiger partial charge is 0.489 e. The van der Waals surface area contributed by atoms with Crippen LogP contribution in [-0.2, 0) is 17.5 Å². The fourth-order valence-electron chi connectivity index (χ4n) is 1.76. The predicted molar refractivity (Wildman–Crippen MR) is 73.6 cm³/mol. The van der Waals surface area contributed by atoms with Crippen LogP contribution in [0, 0.1) is 0 Å². The maximum Gasteiger partial charge on any atom is 0.416 e. The first-order valence-electron chi connectivity index (χ1n) is 6.37. The molecular weight excluding hydrogens is 297 g/mol. The summed E-state index contributed by atoms with van der Waals surface area (Å²) in [4.78, 5) is 11.3. The highest BCUT2D eigenvalue weighted by atomic mass is 19.4. The number of benzene rings is 2. The van der Waals surface area contributed by atoms with Crippen molar-refractivity contribution >= 4 is 5.97 Å². The number of esters is 1. The summed E-state index contributed by atoms with van der Waals surface area (Å²) in [7, 11) is 1.29. The van der Waals surface area contributed by atoms with Crippen LogP contribution in [0.1, 0.15) is 21.5 Å². The Kier molecular flexibility index (Phi) is 4.70. The third-order valence-electron chi connectivity index (χ3n) is 2.96. The maximum absolute atomic E-state index is 12.4. The summed E-state index contributed by atoms with van der Waals surface area (Å²) in [6, 6.07) is 11.0. The summed E-state index contributed by atoms with van der Waals surface area (Å²) in [6.45, 7) is 0.135. The Hall–Kier alpha value is -2.50. The molecule has 0 bridgehead atoms. The van der Waals surface area contributed by atoms with Gasteiger partial charge < -0.3 is 9.47 Å². The number of hydrogen-bond acceptors (Lipinski definition) is 3. The molecule has 0 N–H and O–H groups in total. The summed E-state index contributed by atoms with van der Waals surface area (Å²) >= 11 is 0. The Balaban J connectivity index is 1.97. The lowest BCUT2D eigenvalue weighted by Gasteiger charge is -2.09. The molecule has 2 rings (SSSR count). The number of hydrogen-bond donors (Lipinski definition) is 0. The van der Waals surface area contributed by atoms with Crippen LogP contribution < -0.4 is 4.74 Å². The average Bonchev–Trinajstić information content (AvgIpc) is 2.52. The van der Waals surface area contributed by atoms with E-state index < -0.39 is 17.7 Å². The van der Waals surface area contributed by atoms with E-state index in [-0.39, 0.29) is 6.61 Å². The minimum atomic E-state index is -4.34. The Labute approximate surface area is 125 Å². The van der Waals surface area contributed by atoms with Gasteiger partial charge >= 0.3 is 12.1 Å². The van der Waals surface area contributed by atoms with Crippen LogP contribution in [0.5, 0.6) is 5.75 Å². The second kappa shape index (κ2) is 6.51. The Morgan fingerprint density at radius 2 is 1.59 bits per heavy atom. The third-order valence-corrected chi connectivity index (χ3v) is 2.96. The fourth-order valence-corrected chi connectivity index (χ4v) is 1.76. The van der Waals surface area contributed by atoms with Crippen molar-refractivity contribution < 1.29 is 27.4 Å². The van der Waals surface area contributed by atoms with Gasteiger partial charge in [0.2, 0.25) is 0 Å². The van der Waals surface area contributed by atoms with Crippen molar-refractivity contribution in [1.29, 1.82) is 0 Å². The SMILES string of the molecule is COC(=O)c1ccc(OCc2ccc(C(F)(F)F)cc2)cc1. The highest BCUT2D eigenvalue weighted by Crippen LogP contribution is 2.29. The van der Waals surface area contributed by atoms with Gasteiger partial charge in [0.1, 0.15) is 12.4 Å². The van der Waals surface area contributed by atoms with Crippen LogP contribution in [-0.4, -0.2) is 13.1 Å². The van der Waals surface area contributed by atoms with Gasteiger partial charge in [0, 0.05) is 0 Å². The van der Waals surface area contributed by atoms with Gasteiger partial charge in [0.25, 0.3) is 0 Å². The van der Waals surface area contributed by atoms with Crippen LogP contribution >= 0.6 is 0 Å². The minimum absolute atomic E-state index is 0.135. The molecule has 0 saturated carbocycles. The van der Waals surface area contributed by atoms with Crippen molar-refractivity contribution in [3.63, 3.8) is 0 Å². The van der Waals surface area contributed by atoms with E-state index >= 15 is 0 Å². The van der Waals surface area contributed by atoms with Gasteiger partial charge in [-0.25, -0.2) is 4.79 Å². The molecule has 0 amide bonds. The zero-order chi connectivity index (χ0) is 16.2. The summed E-state index contributed by atoms with van der Waals surface area (Å²) in [5.41, 5.74) is 0.313. The lowest BCUT2D eigenvalue weighted by Crippen LogP contribution is -2.05. The van der Waals surface area contributed by atoms with Crippen molar-refractivity contribution in [3.8, 4) is 5.75 Å².